The van der Waals surface area contributed by atoms with Gasteiger partial charge in [0, 0.05) is 37.1 Å². The number of benzene rings is 1. The Labute approximate surface area is 162 Å². The fourth-order valence-electron chi connectivity index (χ4n) is 3.19. The van der Waals surface area contributed by atoms with Gasteiger partial charge in [0.15, 0.2) is 5.82 Å². The Hall–Kier alpha value is -2.41. The summed E-state index contributed by atoms with van der Waals surface area (Å²) in [5.74, 6) is 1.17. The van der Waals surface area contributed by atoms with Gasteiger partial charge >= 0.3 is 0 Å². The molecule has 1 fully saturated rings. The Morgan fingerprint density at radius 3 is 2.78 bits per heavy atom. The van der Waals surface area contributed by atoms with Gasteiger partial charge in [0.25, 0.3) is 5.88 Å². The van der Waals surface area contributed by atoms with Gasteiger partial charge in [0.05, 0.1) is 13.5 Å². The molecule has 0 spiro atoms. The molecule has 1 aromatic carbocycles. The van der Waals surface area contributed by atoms with E-state index in [0.717, 1.165) is 31.7 Å². The molecule has 0 unspecified atom stereocenters. The lowest BCUT2D eigenvalue weighted by atomic mass is 9.96. The number of aromatic nitrogens is 2. The van der Waals surface area contributed by atoms with Crippen LogP contribution in [0.3, 0.4) is 0 Å². The molecule has 8 heteroatoms. The second-order valence-electron chi connectivity index (χ2n) is 6.54. The van der Waals surface area contributed by atoms with Crippen molar-refractivity contribution in [1.29, 1.82) is 0 Å². The summed E-state index contributed by atoms with van der Waals surface area (Å²) in [6.45, 7) is 2.28. The van der Waals surface area contributed by atoms with Gasteiger partial charge in [-0.05, 0) is 36.5 Å². The average Bonchev–Trinajstić information content (AvgIpc) is 2.69. The first-order valence-electron chi connectivity index (χ1n) is 8.87. The zero-order chi connectivity index (χ0) is 19.2. The minimum Gasteiger partial charge on any atom is -0.478 e. The maximum absolute atomic E-state index is 13.1. The van der Waals surface area contributed by atoms with E-state index in [1.165, 1.54) is 12.1 Å². The predicted molar refractivity (Wildman–Crippen MR) is 102 cm³/mol. The normalized spacial score (nSPS) is 14.9. The van der Waals surface area contributed by atoms with Crippen LogP contribution < -0.4 is 15.0 Å². The van der Waals surface area contributed by atoms with Gasteiger partial charge in [-0.15, -0.1) is 0 Å². The van der Waals surface area contributed by atoms with Crippen molar-refractivity contribution in [2.45, 2.75) is 19.3 Å². The van der Waals surface area contributed by atoms with Crippen LogP contribution in [0.4, 0.5) is 10.2 Å². The summed E-state index contributed by atoms with van der Waals surface area (Å²) in [4.78, 5) is 22.9. The number of hydrogen-bond acceptors (Lipinski definition) is 5. The highest BCUT2D eigenvalue weighted by molar-refractivity contribution is 6.31. The van der Waals surface area contributed by atoms with Crippen LogP contribution in [0.25, 0.3) is 0 Å². The largest absolute Gasteiger partial charge is 0.478 e. The number of halogens is 2. The molecule has 1 aromatic heterocycles. The fraction of sp³-hybridized carbons (Fsp3) is 0.421. The molecule has 3 rings (SSSR count). The zero-order valence-corrected chi connectivity index (χ0v) is 15.9. The summed E-state index contributed by atoms with van der Waals surface area (Å²) in [7, 11) is 1.59. The Kier molecular flexibility index (Phi) is 6.45. The van der Waals surface area contributed by atoms with Crippen molar-refractivity contribution in [1.82, 2.24) is 15.3 Å². The van der Waals surface area contributed by atoms with Crippen LogP contribution in [0.15, 0.2) is 30.6 Å². The van der Waals surface area contributed by atoms with Crippen LogP contribution in [-0.4, -0.2) is 42.6 Å². The van der Waals surface area contributed by atoms with Crippen LogP contribution in [-0.2, 0) is 11.2 Å². The van der Waals surface area contributed by atoms with Crippen molar-refractivity contribution >= 4 is 23.3 Å². The molecule has 27 heavy (non-hydrogen) atoms. The number of hydrogen-bond donors (Lipinski definition) is 1. The molecule has 0 aliphatic carbocycles. The molecule has 1 aliphatic heterocycles. The summed E-state index contributed by atoms with van der Waals surface area (Å²) in [6, 6.07) is 4.08. The Bertz CT molecular complexity index is 797. The molecule has 1 aliphatic rings. The number of carbonyl (C=O) groups is 1. The second-order valence-corrected chi connectivity index (χ2v) is 6.94. The maximum Gasteiger partial charge on any atom is 0.257 e. The van der Waals surface area contributed by atoms with E-state index in [2.05, 4.69) is 20.2 Å². The number of ether oxygens (including phenoxy) is 1. The molecule has 1 amide bonds. The molecule has 1 N–H and O–H groups in total. The molecule has 6 nitrogen and oxygen atoms in total. The molecular formula is C19H22ClFN4O2. The molecule has 0 radical (unpaired) electrons. The first-order valence-corrected chi connectivity index (χ1v) is 9.25. The van der Waals surface area contributed by atoms with Gasteiger partial charge in [0.2, 0.25) is 5.91 Å². The summed E-state index contributed by atoms with van der Waals surface area (Å²) in [6.07, 6.45) is 5.30. The smallest absolute Gasteiger partial charge is 0.257 e. The highest BCUT2D eigenvalue weighted by atomic mass is 35.5. The number of rotatable bonds is 6. The quantitative estimate of drug-likeness (QED) is 0.818. The summed E-state index contributed by atoms with van der Waals surface area (Å²) >= 11 is 5.97. The highest BCUT2D eigenvalue weighted by Gasteiger charge is 2.23. The number of methoxy groups -OCH3 is 1. The van der Waals surface area contributed by atoms with E-state index in [4.69, 9.17) is 16.3 Å². The number of nitrogens with zero attached hydrogens (tertiary/aromatic N) is 3. The minimum absolute atomic E-state index is 0.110. The van der Waals surface area contributed by atoms with Crippen molar-refractivity contribution in [2.75, 3.05) is 31.6 Å². The molecule has 144 valence electrons. The van der Waals surface area contributed by atoms with Gasteiger partial charge in [-0.25, -0.2) is 14.4 Å². The van der Waals surface area contributed by atoms with Gasteiger partial charge in [-0.1, -0.05) is 17.7 Å². The van der Waals surface area contributed by atoms with Crippen LogP contribution in [0.5, 0.6) is 5.88 Å². The van der Waals surface area contributed by atoms with Crippen molar-refractivity contribution in [2.24, 2.45) is 5.92 Å². The van der Waals surface area contributed by atoms with Crippen molar-refractivity contribution in [3.05, 3.63) is 47.0 Å². The topological polar surface area (TPSA) is 67.4 Å². The summed E-state index contributed by atoms with van der Waals surface area (Å²) in [5, 5.41) is 3.23. The lowest BCUT2D eigenvalue weighted by Crippen LogP contribution is -2.39. The fourth-order valence-corrected chi connectivity index (χ4v) is 3.42. The first kappa shape index (κ1) is 19.4. The molecular weight excluding hydrogens is 371 g/mol. The van der Waals surface area contributed by atoms with E-state index in [0.29, 0.717) is 23.9 Å². The molecule has 0 atom stereocenters. The van der Waals surface area contributed by atoms with E-state index in [-0.39, 0.29) is 17.4 Å². The third-order valence-electron chi connectivity index (χ3n) is 4.71. The maximum atomic E-state index is 13.1. The van der Waals surface area contributed by atoms with Gasteiger partial charge in [-0.2, -0.15) is 0 Å². The Morgan fingerprint density at radius 1 is 1.33 bits per heavy atom. The van der Waals surface area contributed by atoms with E-state index < -0.39 is 5.82 Å². The molecule has 1 saturated heterocycles. The summed E-state index contributed by atoms with van der Waals surface area (Å²) < 4.78 is 18.3. The standard InChI is InChI=1S/C19H22ClFN4O2/c1-27-19-18(22-6-7-23-19)25-8-4-13(5-9-25)12-24-17(26)10-14-2-3-15(21)11-16(14)20/h2-3,6-7,11,13H,4-5,8-10,12H2,1H3,(H,24,26). The van der Waals surface area contributed by atoms with Crippen LogP contribution in [0.2, 0.25) is 5.02 Å². The van der Waals surface area contributed by atoms with Gasteiger partial charge < -0.3 is 15.0 Å². The van der Waals surface area contributed by atoms with Crippen LogP contribution in [0.1, 0.15) is 18.4 Å². The van der Waals surface area contributed by atoms with Crippen molar-refractivity contribution < 1.29 is 13.9 Å². The Morgan fingerprint density at radius 2 is 2.07 bits per heavy atom. The van der Waals surface area contributed by atoms with E-state index in [1.54, 1.807) is 25.6 Å². The van der Waals surface area contributed by atoms with E-state index in [9.17, 15) is 9.18 Å². The van der Waals surface area contributed by atoms with E-state index in [1.807, 2.05) is 0 Å². The average molecular weight is 393 g/mol. The molecule has 0 saturated carbocycles. The Balaban J connectivity index is 1.46. The van der Waals surface area contributed by atoms with Gasteiger partial charge in [0.1, 0.15) is 5.82 Å². The number of nitrogens with one attached hydrogen (secondary N) is 1. The number of piperidine rings is 1. The number of carbonyl (C=O) groups excluding carboxylic acids is 1. The van der Waals surface area contributed by atoms with E-state index >= 15 is 0 Å². The highest BCUT2D eigenvalue weighted by Crippen LogP contribution is 2.27. The van der Waals surface area contributed by atoms with Crippen molar-refractivity contribution in [3.8, 4) is 5.88 Å². The third kappa shape index (κ3) is 5.07. The number of amides is 1. The molecule has 0 bridgehead atoms. The second kappa shape index (κ2) is 8.99. The monoisotopic (exact) mass is 392 g/mol. The lowest BCUT2D eigenvalue weighted by molar-refractivity contribution is -0.120. The van der Waals surface area contributed by atoms with Gasteiger partial charge in [-0.3, -0.25) is 4.79 Å². The lowest BCUT2D eigenvalue weighted by Gasteiger charge is -2.33. The molecule has 2 aromatic rings. The van der Waals surface area contributed by atoms with Crippen molar-refractivity contribution in [3.63, 3.8) is 0 Å². The first-order chi connectivity index (χ1) is 13.1. The van der Waals surface area contributed by atoms with Crippen LogP contribution >= 0.6 is 11.6 Å². The number of anilines is 1. The third-order valence-corrected chi connectivity index (χ3v) is 5.06. The SMILES string of the molecule is COc1nccnc1N1CCC(CNC(=O)Cc2ccc(F)cc2Cl)CC1. The van der Waals surface area contributed by atoms with Crippen LogP contribution in [0, 0.1) is 11.7 Å². The summed E-state index contributed by atoms with van der Waals surface area (Å²) in [5.41, 5.74) is 0.625. The predicted octanol–water partition coefficient (Wildman–Crippen LogP) is 2.85. The molecule has 2 heterocycles. The minimum atomic E-state index is -0.407. The zero-order valence-electron chi connectivity index (χ0n) is 15.1.